The van der Waals surface area contributed by atoms with Gasteiger partial charge in [0.1, 0.15) is 6.54 Å². The van der Waals surface area contributed by atoms with Gasteiger partial charge in [-0.3, -0.25) is 0 Å². The van der Waals surface area contributed by atoms with Gasteiger partial charge in [-0.25, -0.2) is 4.40 Å². The highest BCUT2D eigenvalue weighted by Gasteiger charge is 2.15. The number of hydrogen-bond acceptors (Lipinski definition) is 1. The first kappa shape index (κ1) is 8.23. The molecule has 0 bridgehead atoms. The van der Waals surface area contributed by atoms with E-state index in [-0.39, 0.29) is 0 Å². The first-order valence-corrected chi connectivity index (χ1v) is 4.73. The minimum absolute atomic E-state index is 0.935. The van der Waals surface area contributed by atoms with Crippen molar-refractivity contribution in [1.29, 1.82) is 0 Å². The summed E-state index contributed by atoms with van der Waals surface area (Å²) in [5, 5.41) is 4.48. The molecule has 0 unspecified atom stereocenters. The predicted molar refractivity (Wildman–Crippen MR) is 50.4 cm³/mol. The van der Waals surface area contributed by atoms with E-state index in [2.05, 4.69) is 34.2 Å². The van der Waals surface area contributed by atoms with E-state index in [1.54, 1.807) is 0 Å². The van der Waals surface area contributed by atoms with Crippen LogP contribution in [0.5, 0.6) is 0 Å². The molecule has 0 aliphatic heterocycles. The lowest BCUT2D eigenvalue weighted by Crippen LogP contribution is -2.25. The Balaban J connectivity index is 2.73. The number of rotatable bonds is 2. The van der Waals surface area contributed by atoms with E-state index in [0.29, 0.717) is 0 Å². The zero-order valence-electron chi connectivity index (χ0n) is 8.07. The Kier molecular flexibility index (Phi) is 2.00. The first-order valence-electron chi connectivity index (χ1n) is 4.73. The Bertz CT molecular complexity index is 417. The summed E-state index contributed by atoms with van der Waals surface area (Å²) in [6.07, 6.45) is 3.08. The monoisotopic (exact) mass is 176 g/mol. The lowest BCUT2D eigenvalue weighted by Gasteiger charge is -1.91. The molecule has 13 heavy (non-hydrogen) atoms. The van der Waals surface area contributed by atoms with Gasteiger partial charge in [0.05, 0.1) is 6.20 Å². The van der Waals surface area contributed by atoms with Gasteiger partial charge >= 0.3 is 5.65 Å². The summed E-state index contributed by atoms with van der Waals surface area (Å²) in [4.78, 5) is 0. The molecule has 0 radical (unpaired) electrons. The van der Waals surface area contributed by atoms with Crippen LogP contribution in [-0.2, 0) is 13.0 Å². The van der Waals surface area contributed by atoms with Gasteiger partial charge in [-0.2, -0.15) is 0 Å². The van der Waals surface area contributed by atoms with Crippen LogP contribution in [0.3, 0.4) is 0 Å². The smallest absolute Gasteiger partial charge is 0.201 e. The van der Waals surface area contributed by atoms with Gasteiger partial charge in [0.2, 0.25) is 5.82 Å². The molecule has 0 aliphatic rings. The third kappa shape index (κ3) is 1.20. The first-order chi connectivity index (χ1) is 6.36. The molecule has 0 aliphatic carbocycles. The van der Waals surface area contributed by atoms with Crippen molar-refractivity contribution in [2.45, 2.75) is 26.8 Å². The van der Waals surface area contributed by atoms with Crippen molar-refractivity contribution in [2.75, 3.05) is 0 Å². The molecule has 2 aromatic rings. The summed E-state index contributed by atoms with van der Waals surface area (Å²) >= 11 is 0. The van der Waals surface area contributed by atoms with Crippen molar-refractivity contribution in [1.82, 2.24) is 9.78 Å². The molecule has 0 saturated carbocycles. The highest BCUT2D eigenvalue weighted by molar-refractivity contribution is 5.26. The lowest BCUT2D eigenvalue weighted by molar-refractivity contribution is -0.523. The molecule has 2 rings (SSSR count). The number of fused-ring (bicyclic) bond motifs is 1. The van der Waals surface area contributed by atoms with Crippen molar-refractivity contribution in [3.8, 4) is 0 Å². The predicted octanol–water partition coefficient (Wildman–Crippen LogP) is 1.20. The van der Waals surface area contributed by atoms with Gasteiger partial charge < -0.3 is 0 Å². The summed E-state index contributed by atoms with van der Waals surface area (Å²) in [6.45, 7) is 5.21. The van der Waals surface area contributed by atoms with Gasteiger partial charge in [-0.15, -0.1) is 4.68 Å². The summed E-state index contributed by atoms with van der Waals surface area (Å²) < 4.78 is 4.19. The van der Waals surface area contributed by atoms with Gasteiger partial charge in [-0.05, 0) is 13.0 Å². The molecule has 68 valence electrons. The molecule has 2 heterocycles. The Morgan fingerprint density at radius 1 is 1.38 bits per heavy atom. The molecular formula is C10H14N3+. The molecule has 0 amide bonds. The summed E-state index contributed by atoms with van der Waals surface area (Å²) in [5.74, 6) is 1.26. The quantitative estimate of drug-likeness (QED) is 0.630. The maximum absolute atomic E-state index is 4.48. The Labute approximate surface area is 77.6 Å². The maximum Gasteiger partial charge on any atom is 0.306 e. The van der Waals surface area contributed by atoms with E-state index < -0.39 is 0 Å². The van der Waals surface area contributed by atoms with E-state index in [4.69, 9.17) is 0 Å². The Morgan fingerprint density at radius 3 is 2.92 bits per heavy atom. The molecule has 0 N–H and O–H groups in total. The average Bonchev–Trinajstić information content (AvgIpc) is 2.55. The van der Waals surface area contributed by atoms with E-state index in [9.17, 15) is 0 Å². The fourth-order valence-corrected chi connectivity index (χ4v) is 1.65. The standard InChI is InChI=1S/C10H14N3/c1-3-10-12-8-6-5-7-9(12)11-13(10)4-2/h5-8H,3-4H2,1-2H3/q+1. The zero-order chi connectivity index (χ0) is 9.26. The second kappa shape index (κ2) is 3.17. The van der Waals surface area contributed by atoms with Crippen LogP contribution in [0.2, 0.25) is 0 Å². The maximum atomic E-state index is 4.48. The average molecular weight is 176 g/mol. The van der Waals surface area contributed by atoms with Gasteiger partial charge in [-0.1, -0.05) is 13.0 Å². The summed E-state index contributed by atoms with van der Waals surface area (Å²) in [5.41, 5.74) is 1.03. The van der Waals surface area contributed by atoms with Crippen LogP contribution in [0.15, 0.2) is 24.4 Å². The van der Waals surface area contributed by atoms with Crippen molar-refractivity contribution in [2.24, 2.45) is 0 Å². The van der Waals surface area contributed by atoms with Crippen LogP contribution in [0.4, 0.5) is 0 Å². The number of hydrogen-bond donors (Lipinski definition) is 0. The van der Waals surface area contributed by atoms with Crippen LogP contribution >= 0.6 is 0 Å². The molecule has 3 heteroatoms. The van der Waals surface area contributed by atoms with Crippen molar-refractivity contribution >= 4 is 5.65 Å². The molecule has 0 spiro atoms. The highest BCUT2D eigenvalue weighted by Crippen LogP contribution is 1.98. The van der Waals surface area contributed by atoms with Crippen molar-refractivity contribution in [3.63, 3.8) is 0 Å². The van der Waals surface area contributed by atoms with Crippen LogP contribution in [0.1, 0.15) is 19.7 Å². The number of pyridine rings is 1. The number of aromatic nitrogens is 3. The minimum Gasteiger partial charge on any atom is -0.201 e. The zero-order valence-corrected chi connectivity index (χ0v) is 8.07. The van der Waals surface area contributed by atoms with Crippen LogP contribution in [-0.4, -0.2) is 9.78 Å². The number of aryl methyl sites for hydroxylation is 2. The Hall–Kier alpha value is -1.38. The second-order valence-corrected chi connectivity index (χ2v) is 3.01. The third-order valence-corrected chi connectivity index (χ3v) is 2.25. The van der Waals surface area contributed by atoms with Crippen LogP contribution in [0.25, 0.3) is 5.65 Å². The van der Waals surface area contributed by atoms with Gasteiger partial charge in [0.25, 0.3) is 0 Å². The molecule has 0 fully saturated rings. The summed E-state index contributed by atoms with van der Waals surface area (Å²) in [6, 6.07) is 6.08. The third-order valence-electron chi connectivity index (χ3n) is 2.25. The molecule has 3 nitrogen and oxygen atoms in total. The lowest BCUT2D eigenvalue weighted by atomic mass is 10.4. The molecule has 0 atom stereocenters. The molecular weight excluding hydrogens is 162 g/mol. The van der Waals surface area contributed by atoms with Crippen molar-refractivity contribution < 1.29 is 4.40 Å². The fourth-order valence-electron chi connectivity index (χ4n) is 1.65. The van der Waals surface area contributed by atoms with E-state index in [1.807, 2.05) is 18.2 Å². The Morgan fingerprint density at radius 2 is 2.23 bits per heavy atom. The number of nitrogens with zero attached hydrogens (tertiary/aromatic N) is 3. The SMILES string of the molecule is CCc1n(CC)nc2cccc[n+]12. The van der Waals surface area contributed by atoms with E-state index >= 15 is 0 Å². The van der Waals surface area contributed by atoms with E-state index in [1.165, 1.54) is 5.82 Å². The van der Waals surface area contributed by atoms with Crippen LogP contribution < -0.4 is 4.40 Å². The van der Waals surface area contributed by atoms with Gasteiger partial charge in [0.15, 0.2) is 0 Å². The molecule has 2 aromatic heterocycles. The van der Waals surface area contributed by atoms with Crippen molar-refractivity contribution in [3.05, 3.63) is 30.2 Å². The minimum atomic E-state index is 0.935. The molecule has 0 saturated heterocycles. The van der Waals surface area contributed by atoms with E-state index in [0.717, 1.165) is 18.6 Å². The highest BCUT2D eigenvalue weighted by atomic mass is 15.4. The summed E-state index contributed by atoms with van der Waals surface area (Å²) in [7, 11) is 0. The second-order valence-electron chi connectivity index (χ2n) is 3.01. The normalized spacial score (nSPS) is 10.9. The topological polar surface area (TPSA) is 21.9 Å². The van der Waals surface area contributed by atoms with Crippen LogP contribution in [0, 0.1) is 0 Å². The molecule has 0 aromatic carbocycles. The van der Waals surface area contributed by atoms with Gasteiger partial charge in [0, 0.05) is 17.6 Å². The largest absolute Gasteiger partial charge is 0.306 e. The fraction of sp³-hybridized carbons (Fsp3) is 0.400.